The van der Waals surface area contributed by atoms with Crippen LogP contribution in [0.4, 0.5) is 0 Å². The number of guanidine groups is 1. The van der Waals surface area contributed by atoms with Crippen molar-refractivity contribution in [3.8, 4) is 0 Å². The maximum Gasteiger partial charge on any atom is 0.243 e. The van der Waals surface area contributed by atoms with Gasteiger partial charge in [-0.2, -0.15) is 0 Å². The van der Waals surface area contributed by atoms with Gasteiger partial charge in [0.15, 0.2) is 5.96 Å². The zero-order chi connectivity index (χ0) is 19.6. The van der Waals surface area contributed by atoms with E-state index < -0.39 is 0 Å². The summed E-state index contributed by atoms with van der Waals surface area (Å²) < 4.78 is 0. The third-order valence-corrected chi connectivity index (χ3v) is 5.52. The highest BCUT2D eigenvalue weighted by molar-refractivity contribution is 7.99. The summed E-state index contributed by atoms with van der Waals surface area (Å²) in [6.45, 7) is 3.53. The van der Waals surface area contributed by atoms with E-state index in [0.717, 1.165) is 23.0 Å². The lowest BCUT2D eigenvalue weighted by atomic mass is 10.4. The molecule has 0 fully saturated rings. The molecule has 0 spiro atoms. The van der Waals surface area contributed by atoms with E-state index in [1.54, 1.807) is 42.1 Å². The summed E-state index contributed by atoms with van der Waals surface area (Å²) in [7, 11) is 5.44. The largest absolute Gasteiger partial charge is 0.355 e. The van der Waals surface area contributed by atoms with Crippen LogP contribution in [0.1, 0.15) is 10.7 Å². The molecule has 0 aliphatic rings. The number of rotatable bonds is 8. The van der Waals surface area contributed by atoms with Gasteiger partial charge >= 0.3 is 0 Å². The van der Waals surface area contributed by atoms with Crippen LogP contribution in [0.2, 0.25) is 0 Å². The number of hydrogen-bond acceptors (Lipinski definition) is 5. The third kappa shape index (κ3) is 7.60. The molecule has 0 aliphatic heterocycles. The van der Waals surface area contributed by atoms with Crippen LogP contribution in [0.3, 0.4) is 0 Å². The monoisotopic (exact) mass is 405 g/mol. The van der Waals surface area contributed by atoms with E-state index >= 15 is 0 Å². The van der Waals surface area contributed by atoms with Crippen LogP contribution in [0.25, 0.3) is 0 Å². The minimum Gasteiger partial charge on any atom is -0.355 e. The second kappa shape index (κ2) is 10.9. The van der Waals surface area contributed by atoms with Crippen molar-refractivity contribution in [3.63, 3.8) is 0 Å². The first kappa shape index (κ1) is 21.2. The molecule has 0 radical (unpaired) electrons. The SMILES string of the molecule is Cc1nc(CN(C)C(=NCC(=O)N(C)C)NCCSc2ccccc2)cs1. The maximum absolute atomic E-state index is 11.9. The number of aliphatic imine (C=N–C) groups is 1. The van der Waals surface area contributed by atoms with Crippen molar-refractivity contribution in [1.29, 1.82) is 0 Å². The fourth-order valence-electron chi connectivity index (χ4n) is 2.24. The second-order valence-electron chi connectivity index (χ2n) is 6.23. The zero-order valence-electron chi connectivity index (χ0n) is 16.3. The van der Waals surface area contributed by atoms with E-state index in [1.165, 1.54) is 4.90 Å². The Bertz CT molecular complexity index is 746. The molecule has 0 unspecified atom stereocenters. The van der Waals surface area contributed by atoms with Crippen LogP contribution in [-0.2, 0) is 11.3 Å². The van der Waals surface area contributed by atoms with Crippen molar-refractivity contribution in [2.45, 2.75) is 18.4 Å². The smallest absolute Gasteiger partial charge is 0.243 e. The minimum atomic E-state index is -0.0223. The molecule has 1 amide bonds. The van der Waals surface area contributed by atoms with Gasteiger partial charge in [-0.05, 0) is 19.1 Å². The number of thiazole rings is 1. The minimum absolute atomic E-state index is 0.0223. The summed E-state index contributed by atoms with van der Waals surface area (Å²) in [6.07, 6.45) is 0. The molecular formula is C19H27N5OS2. The van der Waals surface area contributed by atoms with Gasteiger partial charge in [0.25, 0.3) is 0 Å². The number of nitrogens with zero attached hydrogens (tertiary/aromatic N) is 4. The predicted molar refractivity (Wildman–Crippen MR) is 114 cm³/mol. The van der Waals surface area contributed by atoms with Crippen LogP contribution in [0.15, 0.2) is 45.6 Å². The van der Waals surface area contributed by atoms with E-state index in [1.807, 2.05) is 37.1 Å². The Morgan fingerprint density at radius 2 is 2.00 bits per heavy atom. The molecule has 0 atom stereocenters. The van der Waals surface area contributed by atoms with E-state index in [-0.39, 0.29) is 12.5 Å². The normalized spacial score (nSPS) is 11.3. The number of aryl methyl sites for hydroxylation is 1. The first-order valence-corrected chi connectivity index (χ1v) is 10.6. The highest BCUT2D eigenvalue weighted by Crippen LogP contribution is 2.16. The Morgan fingerprint density at radius 3 is 2.63 bits per heavy atom. The van der Waals surface area contributed by atoms with Crippen molar-refractivity contribution in [2.24, 2.45) is 4.99 Å². The molecule has 1 heterocycles. The molecule has 27 heavy (non-hydrogen) atoms. The molecule has 1 aromatic carbocycles. The number of aromatic nitrogens is 1. The van der Waals surface area contributed by atoms with Gasteiger partial charge < -0.3 is 15.1 Å². The maximum atomic E-state index is 11.9. The molecular weight excluding hydrogens is 378 g/mol. The van der Waals surface area contributed by atoms with Gasteiger partial charge in [-0.25, -0.2) is 9.98 Å². The number of amides is 1. The average Bonchev–Trinajstić information content (AvgIpc) is 3.06. The van der Waals surface area contributed by atoms with Crippen LogP contribution in [0, 0.1) is 6.92 Å². The molecule has 0 aliphatic carbocycles. The molecule has 146 valence electrons. The lowest BCUT2D eigenvalue weighted by Gasteiger charge is -2.22. The van der Waals surface area contributed by atoms with Gasteiger partial charge in [-0.1, -0.05) is 18.2 Å². The first-order chi connectivity index (χ1) is 13.0. The molecule has 6 nitrogen and oxygen atoms in total. The van der Waals surface area contributed by atoms with Crippen LogP contribution in [0.5, 0.6) is 0 Å². The zero-order valence-corrected chi connectivity index (χ0v) is 17.9. The van der Waals surface area contributed by atoms with Crippen LogP contribution < -0.4 is 5.32 Å². The van der Waals surface area contributed by atoms with Gasteiger partial charge in [0.1, 0.15) is 6.54 Å². The summed E-state index contributed by atoms with van der Waals surface area (Å²) in [6, 6.07) is 10.3. The van der Waals surface area contributed by atoms with Crippen molar-refractivity contribution < 1.29 is 4.79 Å². The number of carbonyl (C=O) groups is 1. The van der Waals surface area contributed by atoms with Gasteiger partial charge in [-0.3, -0.25) is 4.79 Å². The molecule has 0 bridgehead atoms. The fraction of sp³-hybridized carbons (Fsp3) is 0.421. The van der Waals surface area contributed by atoms with Gasteiger partial charge in [0, 0.05) is 43.7 Å². The number of carbonyl (C=O) groups excluding carboxylic acids is 1. The lowest BCUT2D eigenvalue weighted by molar-refractivity contribution is -0.127. The Labute approximate surface area is 169 Å². The number of benzene rings is 1. The Kier molecular flexibility index (Phi) is 8.60. The highest BCUT2D eigenvalue weighted by atomic mass is 32.2. The quantitative estimate of drug-likeness (QED) is 0.317. The number of nitrogens with one attached hydrogen (secondary N) is 1. The van der Waals surface area contributed by atoms with Crippen molar-refractivity contribution in [3.05, 3.63) is 46.4 Å². The molecule has 1 N–H and O–H groups in total. The van der Waals surface area contributed by atoms with Crippen molar-refractivity contribution in [2.75, 3.05) is 40.0 Å². The third-order valence-electron chi connectivity index (χ3n) is 3.69. The van der Waals surface area contributed by atoms with E-state index in [0.29, 0.717) is 12.5 Å². The van der Waals surface area contributed by atoms with Gasteiger partial charge in [0.2, 0.25) is 5.91 Å². The number of likely N-dealkylation sites (N-methyl/N-ethyl adjacent to an activating group) is 1. The van der Waals surface area contributed by atoms with E-state index in [2.05, 4.69) is 32.8 Å². The highest BCUT2D eigenvalue weighted by Gasteiger charge is 2.11. The molecule has 0 saturated heterocycles. The predicted octanol–water partition coefficient (Wildman–Crippen LogP) is 2.71. The molecule has 8 heteroatoms. The van der Waals surface area contributed by atoms with Crippen molar-refractivity contribution >= 4 is 35.0 Å². The Balaban J connectivity index is 1.93. The molecule has 2 rings (SSSR count). The summed E-state index contributed by atoms with van der Waals surface area (Å²) in [4.78, 5) is 25.7. The summed E-state index contributed by atoms with van der Waals surface area (Å²) in [5, 5.41) is 6.47. The first-order valence-electron chi connectivity index (χ1n) is 8.74. The lowest BCUT2D eigenvalue weighted by Crippen LogP contribution is -2.40. The van der Waals surface area contributed by atoms with Gasteiger partial charge in [-0.15, -0.1) is 23.1 Å². The van der Waals surface area contributed by atoms with Crippen LogP contribution in [-0.4, -0.2) is 66.6 Å². The topological polar surface area (TPSA) is 60.8 Å². The second-order valence-corrected chi connectivity index (χ2v) is 8.46. The standard InChI is InChI=1S/C19H27N5OS2/c1-15-22-16(14-27-15)13-24(4)19(21-12-18(25)23(2)3)20-10-11-26-17-8-6-5-7-9-17/h5-9,14H,10-13H2,1-4H3,(H,20,21). The van der Waals surface area contributed by atoms with E-state index in [4.69, 9.17) is 0 Å². The molecule has 2 aromatic rings. The molecule has 0 saturated carbocycles. The summed E-state index contributed by atoms with van der Waals surface area (Å²) >= 11 is 3.43. The Hall–Kier alpha value is -2.06. The number of thioether (sulfide) groups is 1. The number of hydrogen-bond donors (Lipinski definition) is 1. The van der Waals surface area contributed by atoms with Gasteiger partial charge in [0.05, 0.1) is 17.2 Å². The molecule has 1 aromatic heterocycles. The van der Waals surface area contributed by atoms with E-state index in [9.17, 15) is 4.79 Å². The summed E-state index contributed by atoms with van der Waals surface area (Å²) in [5.41, 5.74) is 1.01. The van der Waals surface area contributed by atoms with Crippen LogP contribution >= 0.6 is 23.1 Å². The average molecular weight is 406 g/mol. The fourth-order valence-corrected chi connectivity index (χ4v) is 3.64. The Morgan fingerprint density at radius 1 is 1.26 bits per heavy atom. The van der Waals surface area contributed by atoms with Crippen molar-refractivity contribution in [1.82, 2.24) is 20.1 Å². The summed E-state index contributed by atoms with van der Waals surface area (Å²) in [5.74, 6) is 1.60.